The van der Waals surface area contributed by atoms with Gasteiger partial charge in [-0.2, -0.15) is 0 Å². The number of aromatic nitrogens is 2. The summed E-state index contributed by atoms with van der Waals surface area (Å²) in [6, 6.07) is 0. The highest BCUT2D eigenvalue weighted by atomic mass is 16.5. The summed E-state index contributed by atoms with van der Waals surface area (Å²) < 4.78 is 6.91. The van der Waals surface area contributed by atoms with E-state index in [2.05, 4.69) is 21.9 Å². The van der Waals surface area contributed by atoms with Crippen molar-refractivity contribution in [2.45, 2.75) is 32.9 Å². The van der Waals surface area contributed by atoms with Crippen molar-refractivity contribution in [3.05, 3.63) is 46.4 Å². The van der Waals surface area contributed by atoms with Crippen LogP contribution >= 0.6 is 0 Å². The van der Waals surface area contributed by atoms with Gasteiger partial charge in [0, 0.05) is 17.6 Å². The number of aromatic hydroxyl groups is 1. The number of hydrogen-bond donors (Lipinski definition) is 3. The number of nitrogens with two attached hydrogens (primary N) is 1. The van der Waals surface area contributed by atoms with E-state index < -0.39 is 22.8 Å². The van der Waals surface area contributed by atoms with Gasteiger partial charge in [0.25, 0.3) is 11.5 Å². The van der Waals surface area contributed by atoms with Gasteiger partial charge in [0.2, 0.25) is 5.75 Å². The summed E-state index contributed by atoms with van der Waals surface area (Å²) in [6.07, 6.45) is 2.96. The molecule has 1 aliphatic rings. The Labute approximate surface area is 150 Å². The van der Waals surface area contributed by atoms with Crippen LogP contribution in [0.5, 0.6) is 5.75 Å². The number of ether oxygens (including phenoxy) is 1. The van der Waals surface area contributed by atoms with Crippen LogP contribution in [-0.2, 0) is 16.9 Å². The molecule has 0 unspecified atom stereocenters. The summed E-state index contributed by atoms with van der Waals surface area (Å²) in [5.41, 5.74) is 4.83. The van der Waals surface area contributed by atoms with E-state index in [1.54, 1.807) is 26.8 Å². The molecule has 0 spiro atoms. The molecule has 0 fully saturated rings. The Morgan fingerprint density at radius 3 is 2.92 bits per heavy atom. The summed E-state index contributed by atoms with van der Waals surface area (Å²) in [5, 5.41) is 12.6. The van der Waals surface area contributed by atoms with E-state index in [0.29, 0.717) is 12.3 Å². The lowest BCUT2D eigenvalue weighted by atomic mass is 10.1. The second kappa shape index (κ2) is 7.52. The molecule has 9 heteroatoms. The largest absolute Gasteiger partial charge is 0.501 e. The molecule has 2 rings (SSSR count). The van der Waals surface area contributed by atoms with Gasteiger partial charge < -0.3 is 20.9 Å². The van der Waals surface area contributed by atoms with Crippen molar-refractivity contribution < 1.29 is 14.6 Å². The van der Waals surface area contributed by atoms with Crippen LogP contribution < -0.4 is 16.6 Å². The third-order valence-corrected chi connectivity index (χ3v) is 3.86. The fourth-order valence-electron chi connectivity index (χ4n) is 2.38. The van der Waals surface area contributed by atoms with Gasteiger partial charge in [-0.3, -0.25) is 19.1 Å². The van der Waals surface area contributed by atoms with Gasteiger partial charge in [-0.05, 0) is 26.8 Å². The molecule has 0 saturated heterocycles. The first-order chi connectivity index (χ1) is 12.2. The minimum atomic E-state index is -0.851. The Balaban J connectivity index is 2.26. The first kappa shape index (κ1) is 19.4. The maximum Gasteiger partial charge on any atom is 0.296 e. The molecule has 0 aliphatic carbocycles. The van der Waals surface area contributed by atoms with Crippen molar-refractivity contribution in [2.75, 3.05) is 13.2 Å². The van der Waals surface area contributed by atoms with Crippen LogP contribution in [0.1, 0.15) is 37.1 Å². The standard InChI is InChI=1S/C17H23N5O4/c1-5-10(2)19-8-11(18)9-20-14(24)12-13(23)15(25)22-6-7-26-17(3,4)16(22)21-12/h5,8,23H,1,6-7,9,18H2,2-4H3,(H,20,24)/b11-8-,19-10?. The Morgan fingerprint density at radius 1 is 1.58 bits per heavy atom. The zero-order valence-corrected chi connectivity index (χ0v) is 15.1. The lowest BCUT2D eigenvalue weighted by molar-refractivity contribution is -0.0566. The summed E-state index contributed by atoms with van der Waals surface area (Å²) in [7, 11) is 0. The van der Waals surface area contributed by atoms with Crippen LogP contribution in [0.25, 0.3) is 0 Å². The van der Waals surface area contributed by atoms with Gasteiger partial charge >= 0.3 is 0 Å². The summed E-state index contributed by atoms with van der Waals surface area (Å²) in [4.78, 5) is 32.9. The molecule has 0 bridgehead atoms. The predicted octanol–water partition coefficient (Wildman–Crippen LogP) is 0.391. The smallest absolute Gasteiger partial charge is 0.296 e. The number of rotatable bonds is 5. The van der Waals surface area contributed by atoms with E-state index >= 15 is 0 Å². The lowest BCUT2D eigenvalue weighted by Crippen LogP contribution is -2.42. The zero-order valence-electron chi connectivity index (χ0n) is 15.1. The normalized spacial score (nSPS) is 16.7. The summed E-state index contributed by atoms with van der Waals surface area (Å²) in [6.45, 7) is 9.36. The zero-order chi connectivity index (χ0) is 19.5. The number of amides is 1. The Morgan fingerprint density at radius 2 is 2.27 bits per heavy atom. The molecule has 1 amide bonds. The van der Waals surface area contributed by atoms with E-state index in [0.717, 1.165) is 0 Å². The van der Waals surface area contributed by atoms with Crippen LogP contribution in [0.2, 0.25) is 0 Å². The van der Waals surface area contributed by atoms with Crippen molar-refractivity contribution >= 4 is 11.6 Å². The van der Waals surface area contributed by atoms with E-state index in [9.17, 15) is 14.7 Å². The Bertz CT molecular complexity index is 851. The third-order valence-electron chi connectivity index (χ3n) is 3.86. The van der Waals surface area contributed by atoms with Gasteiger partial charge in [0.05, 0.1) is 19.7 Å². The minimum Gasteiger partial charge on any atom is -0.501 e. The van der Waals surface area contributed by atoms with E-state index in [1.165, 1.54) is 10.8 Å². The van der Waals surface area contributed by atoms with Crippen LogP contribution in [0.4, 0.5) is 0 Å². The van der Waals surface area contributed by atoms with Crippen molar-refractivity contribution in [2.24, 2.45) is 10.7 Å². The topological polar surface area (TPSA) is 132 Å². The molecule has 1 aliphatic heterocycles. The summed E-state index contributed by atoms with van der Waals surface area (Å²) >= 11 is 0. The van der Waals surface area contributed by atoms with Gasteiger partial charge in [-0.25, -0.2) is 4.98 Å². The van der Waals surface area contributed by atoms with Crippen LogP contribution in [0.3, 0.4) is 0 Å². The quantitative estimate of drug-likeness (QED) is 0.650. The average molecular weight is 361 g/mol. The van der Waals surface area contributed by atoms with Gasteiger partial charge in [-0.1, -0.05) is 6.58 Å². The highest BCUT2D eigenvalue weighted by molar-refractivity contribution is 5.95. The number of allylic oxidation sites excluding steroid dienone is 1. The number of aliphatic imine (C=N–C) groups is 1. The Kier molecular flexibility index (Phi) is 5.61. The maximum atomic E-state index is 12.4. The first-order valence-corrected chi connectivity index (χ1v) is 8.05. The fraction of sp³-hybridized carbons (Fsp3) is 0.412. The van der Waals surface area contributed by atoms with Crippen molar-refractivity contribution in [1.82, 2.24) is 14.9 Å². The average Bonchev–Trinajstić information content (AvgIpc) is 2.60. The van der Waals surface area contributed by atoms with E-state index in [4.69, 9.17) is 10.5 Å². The molecular weight excluding hydrogens is 338 g/mol. The van der Waals surface area contributed by atoms with Crippen molar-refractivity contribution in [3.63, 3.8) is 0 Å². The first-order valence-electron chi connectivity index (χ1n) is 8.05. The van der Waals surface area contributed by atoms with Crippen molar-refractivity contribution in [1.29, 1.82) is 0 Å². The van der Waals surface area contributed by atoms with Crippen LogP contribution in [-0.4, -0.2) is 39.4 Å². The molecular formula is C17H23N5O4. The third kappa shape index (κ3) is 3.99. The highest BCUT2D eigenvalue weighted by Gasteiger charge is 2.34. The van der Waals surface area contributed by atoms with Crippen molar-refractivity contribution in [3.8, 4) is 5.75 Å². The molecule has 140 valence electrons. The summed E-state index contributed by atoms with van der Waals surface area (Å²) in [5.74, 6) is -1.14. The molecule has 0 aromatic carbocycles. The molecule has 4 N–H and O–H groups in total. The minimum absolute atomic E-state index is 0.0216. The van der Waals surface area contributed by atoms with E-state index in [-0.39, 0.29) is 30.3 Å². The fourth-order valence-corrected chi connectivity index (χ4v) is 2.38. The number of nitrogens with zero attached hydrogens (tertiary/aromatic N) is 3. The number of fused-ring (bicyclic) bond motifs is 1. The lowest BCUT2D eigenvalue weighted by Gasteiger charge is -2.32. The second-order valence-electron chi connectivity index (χ2n) is 6.31. The molecule has 1 aromatic rings. The van der Waals surface area contributed by atoms with E-state index in [1.807, 2.05) is 0 Å². The number of carbonyl (C=O) groups excluding carboxylic acids is 1. The molecule has 26 heavy (non-hydrogen) atoms. The second-order valence-corrected chi connectivity index (χ2v) is 6.31. The van der Waals surface area contributed by atoms with Crippen LogP contribution in [0.15, 0.2) is 34.3 Å². The molecule has 9 nitrogen and oxygen atoms in total. The predicted molar refractivity (Wildman–Crippen MR) is 97.0 cm³/mol. The van der Waals surface area contributed by atoms with Gasteiger partial charge in [0.15, 0.2) is 5.69 Å². The van der Waals surface area contributed by atoms with Gasteiger partial charge in [-0.15, -0.1) is 0 Å². The Hall–Kier alpha value is -2.94. The SMILES string of the molecule is C=CC(C)=N/C=C(\N)CNC(=O)c1nc2n(c(=O)c1O)CCOC2(C)C. The van der Waals surface area contributed by atoms with Crippen LogP contribution in [0, 0.1) is 0 Å². The number of nitrogens with one attached hydrogen (secondary N) is 1. The molecule has 0 saturated carbocycles. The molecule has 1 aromatic heterocycles. The molecule has 2 heterocycles. The molecule has 0 radical (unpaired) electrons. The number of carbonyl (C=O) groups is 1. The maximum absolute atomic E-state index is 12.4. The number of hydrogen-bond acceptors (Lipinski definition) is 7. The monoisotopic (exact) mass is 361 g/mol. The molecule has 0 atom stereocenters. The van der Waals surface area contributed by atoms with Gasteiger partial charge in [0.1, 0.15) is 11.4 Å². The highest BCUT2D eigenvalue weighted by Crippen LogP contribution is 2.27.